The summed E-state index contributed by atoms with van der Waals surface area (Å²) in [5, 5.41) is 27.7. The predicted molar refractivity (Wildman–Crippen MR) is 239 cm³/mol. The van der Waals surface area contributed by atoms with Crippen LogP contribution in [0.1, 0.15) is 124 Å². The fourth-order valence-corrected chi connectivity index (χ4v) is 8.50. The Bertz CT molecular complexity index is 2120. The lowest BCUT2D eigenvalue weighted by Gasteiger charge is -2.50. The van der Waals surface area contributed by atoms with Gasteiger partial charge in [0.15, 0.2) is 0 Å². The van der Waals surface area contributed by atoms with E-state index < -0.39 is 92.5 Å². The van der Waals surface area contributed by atoms with Gasteiger partial charge in [0.2, 0.25) is 0 Å². The lowest BCUT2D eigenvalue weighted by molar-refractivity contribution is -0.145. The van der Waals surface area contributed by atoms with Crippen molar-refractivity contribution < 1.29 is 72.4 Å². The molecule has 0 saturated carbocycles. The fraction of sp³-hybridized carbons (Fsp3) is 0.520. The first-order valence-electron chi connectivity index (χ1n) is 22.4. The summed E-state index contributed by atoms with van der Waals surface area (Å²) in [6, 6.07) is 21.3. The number of piperidine rings is 2. The Morgan fingerprint density at radius 3 is 0.971 bits per heavy atom. The zero-order chi connectivity index (χ0) is 52.6. The summed E-state index contributed by atoms with van der Waals surface area (Å²) in [6.45, 7) is 9.71. The predicted octanol–water partition coefficient (Wildman–Crippen LogP) is 11.1. The molecule has 2 saturated heterocycles. The molecule has 20 heteroatoms. The maximum atomic E-state index is 13.3. The van der Waals surface area contributed by atoms with Gasteiger partial charge in [0.05, 0.1) is 81.0 Å². The average Bonchev–Trinajstić information content (AvgIpc) is 3.27. The number of ether oxygens (including phenoxy) is 2. The molecule has 8 N–H and O–H groups in total. The molecule has 2 fully saturated rings. The monoisotopic (exact) mass is 1010 g/mol. The van der Waals surface area contributed by atoms with E-state index in [9.17, 15) is 62.9 Å². The van der Waals surface area contributed by atoms with E-state index in [0.717, 1.165) is 11.1 Å². The van der Waals surface area contributed by atoms with Crippen LogP contribution < -0.4 is 22.1 Å². The number of nitrogens with one attached hydrogen (secondary N) is 2. The summed E-state index contributed by atoms with van der Waals surface area (Å²) in [7, 11) is 0. The van der Waals surface area contributed by atoms with E-state index in [1.54, 1.807) is 27.7 Å². The second-order valence-corrected chi connectivity index (χ2v) is 19.6. The summed E-state index contributed by atoms with van der Waals surface area (Å²) in [4.78, 5) is 0. The topological polar surface area (TPSA) is 135 Å². The molecule has 0 bridgehead atoms. The molecular weight excluding hydrogens is 949 g/mol. The molecule has 388 valence electrons. The van der Waals surface area contributed by atoms with Gasteiger partial charge in [-0.1, -0.05) is 60.7 Å². The lowest BCUT2D eigenvalue weighted by atomic mass is 9.71. The van der Waals surface area contributed by atoms with Crippen LogP contribution in [0.4, 0.5) is 52.7 Å². The van der Waals surface area contributed by atoms with Gasteiger partial charge in [-0.2, -0.15) is 52.7 Å². The van der Waals surface area contributed by atoms with Crippen LogP contribution in [-0.4, -0.2) is 58.8 Å². The number of halogens is 12. The third-order valence-electron chi connectivity index (χ3n) is 13.9. The van der Waals surface area contributed by atoms with E-state index in [0.29, 0.717) is 49.9 Å². The van der Waals surface area contributed by atoms with Gasteiger partial charge in [0, 0.05) is 13.1 Å². The number of aliphatic hydroxyl groups is 2. The van der Waals surface area contributed by atoms with Crippen molar-refractivity contribution in [3.63, 3.8) is 0 Å². The first-order chi connectivity index (χ1) is 31.9. The molecule has 0 spiro atoms. The summed E-state index contributed by atoms with van der Waals surface area (Å²) >= 11 is 0. The number of rotatable bonds is 12. The molecule has 2 aliphatic rings. The minimum Gasteiger partial charge on any atom is -0.389 e. The number of hydrogen-bond donors (Lipinski definition) is 6. The first kappa shape index (κ1) is 56.6. The SMILES string of the molecule is C[C@@H](OC[C@@]1(c2ccccc2)CC[C@@](N)(C(C)(C)O)CN1)c1cc(C(F)(F)F)cc(C(F)(F)F)c1.C[C@@H](OC[C@@]1(c2ccccc2)CC[C@](N)(C(C)(C)O)CN1)c1cc(C(F)(F)F)cc(C(F)(F)F)c1. The Kier molecular flexibility index (Phi) is 16.4. The summed E-state index contributed by atoms with van der Waals surface area (Å²) in [5.74, 6) is 0. The second-order valence-electron chi connectivity index (χ2n) is 19.6. The Morgan fingerprint density at radius 2 is 0.757 bits per heavy atom. The van der Waals surface area contributed by atoms with Crippen LogP contribution in [0.3, 0.4) is 0 Å². The normalized spacial score (nSPS) is 24.9. The molecular formula is C50H60F12N4O4. The Labute approximate surface area is 399 Å². The summed E-state index contributed by atoms with van der Waals surface area (Å²) < 4.78 is 171. The molecule has 0 radical (unpaired) electrons. The van der Waals surface area contributed by atoms with Gasteiger partial charge in [-0.3, -0.25) is 0 Å². The number of alkyl halides is 12. The molecule has 0 unspecified atom stereocenters. The van der Waals surface area contributed by atoms with Crippen molar-refractivity contribution in [2.24, 2.45) is 11.5 Å². The number of benzene rings is 4. The average molecular weight is 1010 g/mol. The highest BCUT2D eigenvalue weighted by molar-refractivity contribution is 5.36. The Balaban J connectivity index is 0.000000261. The van der Waals surface area contributed by atoms with Crippen molar-refractivity contribution in [1.29, 1.82) is 0 Å². The summed E-state index contributed by atoms with van der Waals surface area (Å²) in [6.07, 6.45) is -20.2. The highest BCUT2D eigenvalue weighted by Gasteiger charge is 2.50. The third-order valence-corrected chi connectivity index (χ3v) is 13.9. The van der Waals surface area contributed by atoms with E-state index in [-0.39, 0.29) is 49.6 Å². The third kappa shape index (κ3) is 13.2. The minimum atomic E-state index is -4.94. The minimum absolute atomic E-state index is 0.0300. The molecule has 70 heavy (non-hydrogen) atoms. The van der Waals surface area contributed by atoms with Gasteiger partial charge >= 0.3 is 24.7 Å². The van der Waals surface area contributed by atoms with E-state index in [1.807, 2.05) is 60.7 Å². The zero-order valence-corrected chi connectivity index (χ0v) is 39.5. The standard InChI is InChI=1S/2C25H30F6N2O2/c2*1-16(17-11-19(24(26,27)28)13-20(12-17)25(29,30)31)35-15-22(18-7-5-4-6-8-18)9-10-23(32,14-33-22)21(2,3)34/h2*4-8,11-13,16,33-34H,9-10,14-15,32H2,1-3H3/t16-,22-,23+;16-,22-,23-/m11/s1. The Morgan fingerprint density at radius 1 is 0.486 bits per heavy atom. The van der Waals surface area contributed by atoms with Crippen LogP contribution in [0.15, 0.2) is 97.1 Å². The molecule has 2 aliphatic heterocycles. The molecule has 0 aliphatic carbocycles. The van der Waals surface area contributed by atoms with Gasteiger partial charge in [-0.05, 0) is 126 Å². The van der Waals surface area contributed by atoms with E-state index in [1.165, 1.54) is 13.8 Å². The fourth-order valence-electron chi connectivity index (χ4n) is 8.50. The van der Waals surface area contributed by atoms with Crippen LogP contribution in [0.2, 0.25) is 0 Å². The smallest absolute Gasteiger partial charge is 0.389 e. The molecule has 4 aromatic rings. The molecule has 0 aromatic heterocycles. The van der Waals surface area contributed by atoms with Crippen molar-refractivity contribution in [2.75, 3.05) is 26.3 Å². The van der Waals surface area contributed by atoms with Gasteiger partial charge < -0.3 is 41.8 Å². The van der Waals surface area contributed by atoms with E-state index in [4.69, 9.17) is 20.9 Å². The lowest BCUT2D eigenvalue weighted by Crippen LogP contribution is -2.69. The van der Waals surface area contributed by atoms with Crippen LogP contribution in [0.25, 0.3) is 0 Å². The first-order valence-corrected chi connectivity index (χ1v) is 22.4. The highest BCUT2D eigenvalue weighted by Crippen LogP contribution is 2.43. The van der Waals surface area contributed by atoms with Crippen molar-refractivity contribution >= 4 is 0 Å². The molecule has 6 atom stereocenters. The number of hydrogen-bond acceptors (Lipinski definition) is 8. The van der Waals surface area contributed by atoms with Gasteiger partial charge in [0.1, 0.15) is 0 Å². The molecule has 2 heterocycles. The molecule has 4 aromatic carbocycles. The van der Waals surface area contributed by atoms with E-state index >= 15 is 0 Å². The van der Waals surface area contributed by atoms with Crippen LogP contribution in [0, 0.1) is 0 Å². The molecule has 6 rings (SSSR count). The zero-order valence-electron chi connectivity index (χ0n) is 39.5. The van der Waals surface area contributed by atoms with Crippen LogP contribution in [-0.2, 0) is 45.3 Å². The molecule has 8 nitrogen and oxygen atoms in total. The van der Waals surface area contributed by atoms with Crippen molar-refractivity contribution in [3.8, 4) is 0 Å². The largest absolute Gasteiger partial charge is 0.416 e. The van der Waals surface area contributed by atoms with Crippen molar-refractivity contribution in [3.05, 3.63) is 142 Å². The van der Waals surface area contributed by atoms with Crippen LogP contribution in [0.5, 0.6) is 0 Å². The molecule has 0 amide bonds. The quantitative estimate of drug-likeness (QED) is 0.0773. The second kappa shape index (κ2) is 20.3. The van der Waals surface area contributed by atoms with E-state index in [2.05, 4.69) is 10.6 Å². The summed E-state index contributed by atoms with van der Waals surface area (Å²) in [5.41, 5.74) is 2.74. The van der Waals surface area contributed by atoms with Crippen LogP contribution >= 0.6 is 0 Å². The van der Waals surface area contributed by atoms with Gasteiger partial charge in [0.25, 0.3) is 0 Å². The maximum absolute atomic E-state index is 13.3. The van der Waals surface area contributed by atoms with Crippen molar-refractivity contribution in [2.45, 2.75) is 137 Å². The highest BCUT2D eigenvalue weighted by atomic mass is 19.4. The number of nitrogens with two attached hydrogens (primary N) is 2. The van der Waals surface area contributed by atoms with Gasteiger partial charge in [-0.15, -0.1) is 0 Å². The van der Waals surface area contributed by atoms with Crippen molar-refractivity contribution in [1.82, 2.24) is 10.6 Å². The Hall–Kier alpha value is -4.28. The van der Waals surface area contributed by atoms with Gasteiger partial charge in [-0.25, -0.2) is 0 Å². The maximum Gasteiger partial charge on any atom is 0.416 e.